The van der Waals surface area contributed by atoms with Gasteiger partial charge in [0.1, 0.15) is 11.6 Å². The summed E-state index contributed by atoms with van der Waals surface area (Å²) < 4.78 is 17.6. The van der Waals surface area contributed by atoms with Crippen molar-refractivity contribution < 1.29 is 4.39 Å². The van der Waals surface area contributed by atoms with Crippen molar-refractivity contribution in [3.8, 4) is 11.8 Å². The molecule has 5 nitrogen and oxygen atoms in total. The molecule has 2 aromatic carbocycles. The molecule has 0 radical (unpaired) electrons. The molecule has 0 aliphatic heterocycles. The van der Waals surface area contributed by atoms with Gasteiger partial charge in [0.2, 0.25) is 0 Å². The molecule has 0 bridgehead atoms. The molecule has 0 atom stereocenters. The number of hydrogen-bond donors (Lipinski definition) is 0. The van der Waals surface area contributed by atoms with Crippen molar-refractivity contribution in [1.29, 1.82) is 5.26 Å². The van der Waals surface area contributed by atoms with E-state index in [9.17, 15) is 4.39 Å². The first-order chi connectivity index (χ1) is 13.1. The van der Waals surface area contributed by atoms with Crippen LogP contribution in [0.15, 0.2) is 48.7 Å². The van der Waals surface area contributed by atoms with Crippen LogP contribution in [0, 0.1) is 24.1 Å². The molecular weight excluding hydrogens is 341 g/mol. The summed E-state index contributed by atoms with van der Waals surface area (Å²) in [6.45, 7) is 4.83. The minimum atomic E-state index is -0.295. The summed E-state index contributed by atoms with van der Waals surface area (Å²) in [5.41, 5.74) is 5.07. The van der Waals surface area contributed by atoms with Gasteiger partial charge in [-0.3, -0.25) is 0 Å². The Morgan fingerprint density at radius 3 is 2.78 bits per heavy atom. The Kier molecular flexibility index (Phi) is 4.21. The number of imidazole rings is 1. The van der Waals surface area contributed by atoms with E-state index in [1.54, 1.807) is 16.9 Å². The molecule has 0 saturated carbocycles. The molecule has 2 heterocycles. The third-order valence-corrected chi connectivity index (χ3v) is 4.73. The molecule has 2 aromatic heterocycles. The van der Waals surface area contributed by atoms with E-state index in [0.717, 1.165) is 34.7 Å². The second-order valence-corrected chi connectivity index (χ2v) is 6.43. The third-order valence-electron chi connectivity index (χ3n) is 4.73. The molecule has 134 valence electrons. The smallest absolute Gasteiger partial charge is 0.125 e. The number of aryl methyl sites for hydroxylation is 2. The standard InChI is InChI=1S/C21H18FN5/c1-3-26-19-8-7-15(12-23)9-18(19)25-21(26)11-20-14(2)13-24-27(20)17-6-4-5-16(22)10-17/h4-10,13H,3,11H2,1-2H3. The Bertz CT molecular complexity index is 1180. The van der Waals surface area contributed by atoms with Crippen LogP contribution >= 0.6 is 0 Å². The molecule has 0 fully saturated rings. The molecule has 0 aliphatic rings. The molecule has 0 saturated heterocycles. The topological polar surface area (TPSA) is 59.4 Å². The minimum absolute atomic E-state index is 0.295. The van der Waals surface area contributed by atoms with Crippen LogP contribution in [-0.2, 0) is 13.0 Å². The van der Waals surface area contributed by atoms with Gasteiger partial charge in [0.25, 0.3) is 0 Å². The van der Waals surface area contributed by atoms with Crippen LogP contribution in [-0.4, -0.2) is 19.3 Å². The van der Waals surface area contributed by atoms with Gasteiger partial charge in [-0.25, -0.2) is 14.1 Å². The van der Waals surface area contributed by atoms with Crippen LogP contribution in [0.4, 0.5) is 4.39 Å². The maximum atomic E-state index is 13.7. The SMILES string of the molecule is CCn1c(Cc2c(C)cnn2-c2cccc(F)c2)nc2cc(C#N)ccc21. The van der Waals surface area contributed by atoms with E-state index in [-0.39, 0.29) is 5.82 Å². The van der Waals surface area contributed by atoms with E-state index in [1.807, 2.05) is 31.2 Å². The molecule has 4 aromatic rings. The monoisotopic (exact) mass is 359 g/mol. The number of benzene rings is 2. The van der Waals surface area contributed by atoms with Gasteiger partial charge in [-0.15, -0.1) is 0 Å². The van der Waals surface area contributed by atoms with Crippen LogP contribution in [0.1, 0.15) is 29.6 Å². The predicted octanol–water partition coefficient (Wildman–Crippen LogP) is 4.15. The summed E-state index contributed by atoms with van der Waals surface area (Å²) in [6, 6.07) is 14.1. The van der Waals surface area contributed by atoms with E-state index < -0.39 is 0 Å². The van der Waals surface area contributed by atoms with Crippen LogP contribution in [0.25, 0.3) is 16.7 Å². The Hall–Kier alpha value is -3.46. The molecule has 0 unspecified atom stereocenters. The van der Waals surface area contributed by atoms with Gasteiger partial charge in [0, 0.05) is 13.0 Å². The summed E-state index contributed by atoms with van der Waals surface area (Å²) in [4.78, 5) is 4.76. The lowest BCUT2D eigenvalue weighted by Gasteiger charge is -2.10. The van der Waals surface area contributed by atoms with Crippen molar-refractivity contribution >= 4 is 11.0 Å². The van der Waals surface area contributed by atoms with E-state index in [2.05, 4.69) is 22.7 Å². The highest BCUT2D eigenvalue weighted by Crippen LogP contribution is 2.23. The lowest BCUT2D eigenvalue weighted by molar-refractivity contribution is 0.624. The normalized spacial score (nSPS) is 11.0. The summed E-state index contributed by atoms with van der Waals surface area (Å²) in [6.07, 6.45) is 2.35. The fourth-order valence-electron chi connectivity index (χ4n) is 3.39. The molecule has 4 rings (SSSR count). The number of rotatable bonds is 4. The molecule has 6 heteroatoms. The first kappa shape index (κ1) is 17.0. The average molecular weight is 359 g/mol. The van der Waals surface area contributed by atoms with Crippen molar-refractivity contribution in [2.45, 2.75) is 26.8 Å². The van der Waals surface area contributed by atoms with E-state index in [1.165, 1.54) is 12.1 Å². The number of nitrogens with zero attached hydrogens (tertiary/aromatic N) is 5. The van der Waals surface area contributed by atoms with E-state index in [0.29, 0.717) is 17.7 Å². The lowest BCUT2D eigenvalue weighted by Crippen LogP contribution is -2.08. The summed E-state index contributed by atoms with van der Waals surface area (Å²) >= 11 is 0. The highest BCUT2D eigenvalue weighted by Gasteiger charge is 2.16. The predicted molar refractivity (Wildman–Crippen MR) is 101 cm³/mol. The van der Waals surface area contributed by atoms with Crippen LogP contribution in [0.5, 0.6) is 0 Å². The number of halogens is 1. The number of aromatic nitrogens is 4. The van der Waals surface area contributed by atoms with Crippen LogP contribution in [0.3, 0.4) is 0 Å². The molecule has 0 N–H and O–H groups in total. The zero-order valence-corrected chi connectivity index (χ0v) is 15.1. The molecule has 0 aliphatic carbocycles. The maximum absolute atomic E-state index is 13.7. The van der Waals surface area contributed by atoms with Gasteiger partial charge >= 0.3 is 0 Å². The zero-order valence-electron chi connectivity index (χ0n) is 15.1. The summed E-state index contributed by atoms with van der Waals surface area (Å²) in [7, 11) is 0. The zero-order chi connectivity index (χ0) is 19.0. The van der Waals surface area contributed by atoms with Gasteiger partial charge in [-0.2, -0.15) is 10.4 Å². The Balaban J connectivity index is 1.81. The van der Waals surface area contributed by atoms with Crippen LogP contribution in [0.2, 0.25) is 0 Å². The Labute approximate surface area is 156 Å². The third kappa shape index (κ3) is 2.97. The van der Waals surface area contributed by atoms with Gasteiger partial charge in [-0.05, 0) is 55.8 Å². The van der Waals surface area contributed by atoms with Gasteiger partial charge in [-0.1, -0.05) is 6.07 Å². The maximum Gasteiger partial charge on any atom is 0.125 e. The molecule has 0 spiro atoms. The largest absolute Gasteiger partial charge is 0.328 e. The molecular formula is C21H18FN5. The minimum Gasteiger partial charge on any atom is -0.328 e. The van der Waals surface area contributed by atoms with Crippen molar-refractivity contribution in [1.82, 2.24) is 19.3 Å². The highest BCUT2D eigenvalue weighted by molar-refractivity contribution is 5.77. The lowest BCUT2D eigenvalue weighted by atomic mass is 10.2. The van der Waals surface area contributed by atoms with Crippen molar-refractivity contribution in [2.24, 2.45) is 0 Å². The number of hydrogen-bond acceptors (Lipinski definition) is 3. The fraction of sp³-hybridized carbons (Fsp3) is 0.190. The van der Waals surface area contributed by atoms with Gasteiger partial charge < -0.3 is 4.57 Å². The average Bonchev–Trinajstić information content (AvgIpc) is 3.21. The van der Waals surface area contributed by atoms with E-state index in [4.69, 9.17) is 10.2 Å². The second kappa shape index (κ2) is 6.69. The Morgan fingerprint density at radius 2 is 2.04 bits per heavy atom. The second-order valence-electron chi connectivity index (χ2n) is 6.43. The highest BCUT2D eigenvalue weighted by atomic mass is 19.1. The first-order valence-corrected chi connectivity index (χ1v) is 8.79. The van der Waals surface area contributed by atoms with Crippen molar-refractivity contribution in [3.63, 3.8) is 0 Å². The van der Waals surface area contributed by atoms with Crippen LogP contribution < -0.4 is 0 Å². The van der Waals surface area contributed by atoms with Gasteiger partial charge in [0.15, 0.2) is 0 Å². The Morgan fingerprint density at radius 1 is 1.19 bits per heavy atom. The van der Waals surface area contributed by atoms with Gasteiger partial charge in [0.05, 0.1) is 40.2 Å². The summed E-state index contributed by atoms with van der Waals surface area (Å²) in [5, 5.41) is 13.6. The van der Waals surface area contributed by atoms with Crippen molar-refractivity contribution in [3.05, 3.63) is 77.1 Å². The fourth-order valence-corrected chi connectivity index (χ4v) is 3.39. The van der Waals surface area contributed by atoms with Crippen molar-refractivity contribution in [2.75, 3.05) is 0 Å². The summed E-state index contributed by atoms with van der Waals surface area (Å²) in [5.74, 6) is 0.597. The molecule has 0 amide bonds. The number of nitriles is 1. The number of fused-ring (bicyclic) bond motifs is 1. The first-order valence-electron chi connectivity index (χ1n) is 8.79. The van der Waals surface area contributed by atoms with E-state index >= 15 is 0 Å². The molecule has 27 heavy (non-hydrogen) atoms. The quantitative estimate of drug-likeness (QED) is 0.550.